The van der Waals surface area contributed by atoms with Crippen molar-refractivity contribution in [3.05, 3.63) is 27.7 Å². The van der Waals surface area contributed by atoms with Gasteiger partial charge in [-0.05, 0) is 36.0 Å². The summed E-state index contributed by atoms with van der Waals surface area (Å²) >= 11 is 11.9. The molecule has 0 atom stereocenters. The summed E-state index contributed by atoms with van der Waals surface area (Å²) in [6.45, 7) is 2.07. The summed E-state index contributed by atoms with van der Waals surface area (Å²) in [5, 5.41) is 9.43. The van der Waals surface area contributed by atoms with Crippen LogP contribution in [0.15, 0.2) is 17.0 Å². The Morgan fingerprint density at radius 3 is 2.50 bits per heavy atom. The van der Waals surface area contributed by atoms with Gasteiger partial charge in [0.05, 0.1) is 11.6 Å². The summed E-state index contributed by atoms with van der Waals surface area (Å²) in [5.41, 5.74) is 0.326. The number of benzene rings is 1. The fourth-order valence-electron chi connectivity index (χ4n) is 2.23. The van der Waals surface area contributed by atoms with Crippen molar-refractivity contribution >= 4 is 33.2 Å². The molecule has 1 saturated carbocycles. The molecule has 7 heteroatoms. The molecule has 2 rings (SSSR count). The zero-order valence-electron chi connectivity index (χ0n) is 11.1. The van der Waals surface area contributed by atoms with E-state index in [1.165, 1.54) is 12.1 Å². The number of hydrogen-bond donors (Lipinski definition) is 2. The van der Waals surface area contributed by atoms with E-state index in [-0.39, 0.29) is 27.0 Å². The van der Waals surface area contributed by atoms with E-state index in [4.69, 9.17) is 23.2 Å². The molecule has 0 saturated heterocycles. The fraction of sp³-hybridized carbons (Fsp3) is 0.538. The largest absolute Gasteiger partial charge is 0.392 e. The fourth-order valence-corrected chi connectivity index (χ4v) is 4.36. The van der Waals surface area contributed by atoms with E-state index >= 15 is 0 Å². The van der Waals surface area contributed by atoms with Crippen LogP contribution in [-0.2, 0) is 16.6 Å². The summed E-state index contributed by atoms with van der Waals surface area (Å²) in [6.07, 6.45) is 3.16. The normalized spacial score (nSPS) is 17.8. The molecule has 112 valence electrons. The third-order valence-corrected chi connectivity index (χ3v) is 5.99. The number of nitrogens with one attached hydrogen (secondary N) is 1. The van der Waals surface area contributed by atoms with Crippen molar-refractivity contribution in [2.24, 2.45) is 5.41 Å². The van der Waals surface area contributed by atoms with Crippen LogP contribution in [0, 0.1) is 5.41 Å². The van der Waals surface area contributed by atoms with Gasteiger partial charge in [0, 0.05) is 11.6 Å². The van der Waals surface area contributed by atoms with Crippen LogP contribution < -0.4 is 4.72 Å². The first-order valence-corrected chi connectivity index (χ1v) is 8.60. The van der Waals surface area contributed by atoms with Crippen molar-refractivity contribution in [2.75, 3.05) is 6.54 Å². The summed E-state index contributed by atoms with van der Waals surface area (Å²) in [5.74, 6) is 0. The molecule has 0 radical (unpaired) electrons. The van der Waals surface area contributed by atoms with E-state index in [9.17, 15) is 13.5 Å². The molecule has 0 aromatic heterocycles. The minimum absolute atomic E-state index is 0.0168. The van der Waals surface area contributed by atoms with Gasteiger partial charge < -0.3 is 5.11 Å². The maximum absolute atomic E-state index is 12.3. The van der Waals surface area contributed by atoms with E-state index < -0.39 is 10.0 Å². The minimum atomic E-state index is -3.73. The summed E-state index contributed by atoms with van der Waals surface area (Å²) in [7, 11) is -3.73. The molecule has 0 unspecified atom stereocenters. The third kappa shape index (κ3) is 3.28. The first kappa shape index (κ1) is 16.0. The van der Waals surface area contributed by atoms with Crippen LogP contribution in [0.4, 0.5) is 0 Å². The van der Waals surface area contributed by atoms with Crippen LogP contribution in [0.25, 0.3) is 0 Å². The lowest BCUT2D eigenvalue weighted by Gasteiger charge is -2.38. The van der Waals surface area contributed by atoms with E-state index in [1.54, 1.807) is 0 Å². The highest BCUT2D eigenvalue weighted by Gasteiger charge is 2.33. The number of aliphatic hydroxyl groups excluding tert-OH is 1. The summed E-state index contributed by atoms with van der Waals surface area (Å²) in [6, 6.07) is 2.75. The molecule has 0 spiro atoms. The smallest absolute Gasteiger partial charge is 0.242 e. The van der Waals surface area contributed by atoms with Crippen molar-refractivity contribution in [1.82, 2.24) is 4.72 Å². The Morgan fingerprint density at radius 1 is 1.35 bits per heavy atom. The van der Waals surface area contributed by atoms with Gasteiger partial charge in [0.25, 0.3) is 0 Å². The van der Waals surface area contributed by atoms with E-state index in [1.807, 2.05) is 0 Å². The predicted octanol–water partition coefficient (Wildman–Crippen LogP) is 2.95. The molecule has 0 aliphatic heterocycles. The van der Waals surface area contributed by atoms with Gasteiger partial charge in [-0.2, -0.15) is 0 Å². The highest BCUT2D eigenvalue weighted by molar-refractivity contribution is 7.89. The lowest BCUT2D eigenvalue weighted by atomic mass is 9.71. The topological polar surface area (TPSA) is 66.4 Å². The molecule has 1 aromatic rings. The highest BCUT2D eigenvalue weighted by atomic mass is 35.5. The Balaban J connectivity index is 2.27. The van der Waals surface area contributed by atoms with Crippen molar-refractivity contribution in [2.45, 2.75) is 37.7 Å². The average molecular weight is 338 g/mol. The van der Waals surface area contributed by atoms with Gasteiger partial charge in [-0.25, -0.2) is 13.1 Å². The maximum atomic E-state index is 12.3. The predicted molar refractivity (Wildman–Crippen MR) is 79.5 cm³/mol. The molecular formula is C13H17Cl2NO3S. The summed E-state index contributed by atoms with van der Waals surface area (Å²) in [4.78, 5) is -0.0846. The Hall–Kier alpha value is -0.330. The Morgan fingerprint density at radius 2 is 2.00 bits per heavy atom. The molecule has 0 amide bonds. The van der Waals surface area contributed by atoms with Crippen LogP contribution in [0.1, 0.15) is 31.7 Å². The molecule has 1 aliphatic rings. The van der Waals surface area contributed by atoms with Gasteiger partial charge in [-0.15, -0.1) is 0 Å². The Labute approximate surface area is 129 Å². The number of hydrogen-bond acceptors (Lipinski definition) is 3. The van der Waals surface area contributed by atoms with Crippen molar-refractivity contribution < 1.29 is 13.5 Å². The van der Waals surface area contributed by atoms with Crippen molar-refractivity contribution in [3.8, 4) is 0 Å². The molecule has 0 heterocycles. The lowest BCUT2D eigenvalue weighted by Crippen LogP contribution is -2.40. The molecule has 4 nitrogen and oxygen atoms in total. The van der Waals surface area contributed by atoms with E-state index in [2.05, 4.69) is 11.6 Å². The van der Waals surface area contributed by atoms with Gasteiger partial charge >= 0.3 is 0 Å². The quantitative estimate of drug-likeness (QED) is 0.867. The van der Waals surface area contributed by atoms with Gasteiger partial charge in [0.1, 0.15) is 4.90 Å². The SMILES string of the molecule is CC1(CNS(=O)(=O)c2cc(Cl)cc(CO)c2Cl)CCC1. The molecule has 2 N–H and O–H groups in total. The van der Waals surface area contributed by atoms with E-state index in [0.29, 0.717) is 12.1 Å². The van der Waals surface area contributed by atoms with Crippen LogP contribution in [0.2, 0.25) is 10.0 Å². The molecule has 1 fully saturated rings. The van der Waals surface area contributed by atoms with Gasteiger partial charge in [0.2, 0.25) is 10.0 Å². The third-order valence-electron chi connectivity index (χ3n) is 3.79. The van der Waals surface area contributed by atoms with Gasteiger partial charge in [-0.3, -0.25) is 0 Å². The first-order valence-electron chi connectivity index (χ1n) is 6.36. The second-order valence-corrected chi connectivity index (χ2v) is 8.07. The monoisotopic (exact) mass is 337 g/mol. The van der Waals surface area contributed by atoms with Crippen LogP contribution in [-0.4, -0.2) is 20.1 Å². The molecule has 1 aromatic carbocycles. The zero-order valence-corrected chi connectivity index (χ0v) is 13.4. The molecule has 0 bridgehead atoms. The minimum Gasteiger partial charge on any atom is -0.392 e. The first-order chi connectivity index (χ1) is 9.27. The van der Waals surface area contributed by atoms with Gasteiger partial charge in [-0.1, -0.05) is 36.5 Å². The van der Waals surface area contributed by atoms with Crippen LogP contribution in [0.5, 0.6) is 0 Å². The maximum Gasteiger partial charge on any atom is 0.242 e. The highest BCUT2D eigenvalue weighted by Crippen LogP contribution is 2.40. The number of aliphatic hydroxyl groups is 1. The van der Waals surface area contributed by atoms with Crippen molar-refractivity contribution in [3.63, 3.8) is 0 Å². The second-order valence-electron chi connectivity index (χ2n) is 5.52. The van der Waals surface area contributed by atoms with Gasteiger partial charge in [0.15, 0.2) is 0 Å². The number of rotatable bonds is 5. The summed E-state index contributed by atoms with van der Waals surface area (Å²) < 4.78 is 27.2. The van der Waals surface area contributed by atoms with Crippen molar-refractivity contribution in [1.29, 1.82) is 0 Å². The van der Waals surface area contributed by atoms with E-state index in [0.717, 1.165) is 19.3 Å². The molecular weight excluding hydrogens is 321 g/mol. The van der Waals surface area contributed by atoms with Crippen LogP contribution in [0.3, 0.4) is 0 Å². The second kappa shape index (κ2) is 5.81. The standard InChI is InChI=1S/C13H17Cl2NO3S/c1-13(3-2-4-13)8-16-20(18,19)11-6-10(14)5-9(7-17)12(11)15/h5-6,16-17H,2-4,7-8H2,1H3. The zero-order chi connectivity index (χ0) is 15.0. The number of halogens is 2. The Kier molecular flexibility index (Phi) is 4.66. The van der Waals surface area contributed by atoms with Crippen LogP contribution >= 0.6 is 23.2 Å². The number of sulfonamides is 1. The lowest BCUT2D eigenvalue weighted by molar-refractivity contribution is 0.166. The molecule has 1 aliphatic carbocycles. The molecule has 20 heavy (non-hydrogen) atoms. The Bertz CT molecular complexity index is 612. The average Bonchev–Trinajstić information content (AvgIpc) is 2.36.